The highest BCUT2D eigenvalue weighted by Crippen LogP contribution is 2.08. The SMILES string of the molecule is Cc1c(C(=O)O)c(=O)on1Cc1ccccc1. The molecule has 1 aromatic heterocycles. The van der Waals surface area contributed by atoms with E-state index in [0.717, 1.165) is 5.56 Å². The molecule has 0 aliphatic rings. The van der Waals surface area contributed by atoms with Crippen molar-refractivity contribution in [3.63, 3.8) is 0 Å². The number of aromatic carboxylic acids is 1. The Hall–Kier alpha value is -2.30. The van der Waals surface area contributed by atoms with Crippen LogP contribution in [-0.2, 0) is 6.54 Å². The Bertz CT molecular complexity index is 595. The largest absolute Gasteiger partial charge is 0.477 e. The maximum Gasteiger partial charge on any atom is 0.372 e. The fourth-order valence-corrected chi connectivity index (χ4v) is 1.63. The van der Waals surface area contributed by atoms with E-state index >= 15 is 0 Å². The van der Waals surface area contributed by atoms with Gasteiger partial charge in [0.2, 0.25) is 0 Å². The molecule has 2 aromatic rings. The summed E-state index contributed by atoms with van der Waals surface area (Å²) in [5.41, 5.74) is 0.143. The van der Waals surface area contributed by atoms with E-state index in [1.54, 1.807) is 6.92 Å². The third kappa shape index (κ3) is 2.13. The second kappa shape index (κ2) is 4.29. The van der Waals surface area contributed by atoms with Gasteiger partial charge in [0.05, 0.1) is 12.2 Å². The van der Waals surface area contributed by atoms with Gasteiger partial charge in [-0.3, -0.25) is 0 Å². The Morgan fingerprint density at radius 1 is 1.35 bits per heavy atom. The first-order valence-electron chi connectivity index (χ1n) is 5.07. The van der Waals surface area contributed by atoms with Gasteiger partial charge in [-0.1, -0.05) is 30.3 Å². The Morgan fingerprint density at radius 3 is 2.53 bits per heavy atom. The molecule has 0 aliphatic heterocycles. The number of nitrogens with zero attached hydrogens (tertiary/aromatic N) is 1. The number of benzene rings is 1. The van der Waals surface area contributed by atoms with Gasteiger partial charge in [-0.15, -0.1) is 0 Å². The minimum absolute atomic E-state index is 0.305. The lowest BCUT2D eigenvalue weighted by Crippen LogP contribution is -2.09. The van der Waals surface area contributed by atoms with Gasteiger partial charge in [0.1, 0.15) is 0 Å². The third-order valence-corrected chi connectivity index (χ3v) is 2.52. The fraction of sp³-hybridized carbons (Fsp3) is 0.167. The van der Waals surface area contributed by atoms with E-state index in [2.05, 4.69) is 0 Å². The van der Waals surface area contributed by atoms with Gasteiger partial charge < -0.3 is 9.63 Å². The summed E-state index contributed by atoms with van der Waals surface area (Å²) < 4.78 is 6.18. The number of carboxylic acid groups (broad SMARTS) is 1. The highest BCUT2D eigenvalue weighted by atomic mass is 16.5. The Morgan fingerprint density at radius 2 is 2.00 bits per heavy atom. The smallest absolute Gasteiger partial charge is 0.372 e. The average Bonchev–Trinajstić information content (AvgIpc) is 2.55. The van der Waals surface area contributed by atoms with Gasteiger partial charge in [0.15, 0.2) is 5.56 Å². The maximum absolute atomic E-state index is 11.3. The van der Waals surface area contributed by atoms with E-state index in [1.807, 2.05) is 30.3 Å². The van der Waals surface area contributed by atoms with E-state index in [4.69, 9.17) is 9.63 Å². The molecule has 17 heavy (non-hydrogen) atoms. The summed E-state index contributed by atoms with van der Waals surface area (Å²) >= 11 is 0. The summed E-state index contributed by atoms with van der Waals surface area (Å²) in [5, 5.41) is 8.85. The van der Waals surface area contributed by atoms with Crippen molar-refractivity contribution in [1.29, 1.82) is 0 Å². The molecule has 0 bridgehead atoms. The highest BCUT2D eigenvalue weighted by molar-refractivity contribution is 5.88. The summed E-state index contributed by atoms with van der Waals surface area (Å²) in [7, 11) is 0. The molecule has 5 nitrogen and oxygen atoms in total. The molecule has 1 heterocycles. The van der Waals surface area contributed by atoms with Crippen molar-refractivity contribution in [2.24, 2.45) is 0 Å². The van der Waals surface area contributed by atoms with Crippen LogP contribution in [-0.4, -0.2) is 15.8 Å². The van der Waals surface area contributed by atoms with E-state index in [1.165, 1.54) is 4.74 Å². The fourth-order valence-electron chi connectivity index (χ4n) is 1.63. The van der Waals surface area contributed by atoms with Crippen molar-refractivity contribution in [2.45, 2.75) is 13.5 Å². The maximum atomic E-state index is 11.3. The Labute approximate surface area is 96.9 Å². The minimum atomic E-state index is -1.26. The second-order valence-electron chi connectivity index (χ2n) is 3.67. The molecule has 0 amide bonds. The zero-order valence-corrected chi connectivity index (χ0v) is 9.21. The Kier molecular flexibility index (Phi) is 2.82. The zero-order valence-electron chi connectivity index (χ0n) is 9.21. The summed E-state index contributed by atoms with van der Waals surface area (Å²) in [5.74, 6) is -1.26. The van der Waals surface area contributed by atoms with E-state index in [0.29, 0.717) is 12.2 Å². The number of rotatable bonds is 3. The molecule has 0 spiro atoms. The van der Waals surface area contributed by atoms with Crippen molar-refractivity contribution in [3.8, 4) is 0 Å². The summed E-state index contributed by atoms with van der Waals surface area (Å²) in [4.78, 5) is 22.2. The molecule has 5 heteroatoms. The quantitative estimate of drug-likeness (QED) is 0.871. The van der Waals surface area contributed by atoms with Crippen LogP contribution in [0.25, 0.3) is 0 Å². The predicted molar refractivity (Wildman–Crippen MR) is 60.2 cm³/mol. The molecule has 1 aromatic carbocycles. The summed E-state index contributed by atoms with van der Waals surface area (Å²) in [6.45, 7) is 1.90. The van der Waals surface area contributed by atoms with Crippen LogP contribution >= 0.6 is 0 Å². The monoisotopic (exact) mass is 233 g/mol. The van der Waals surface area contributed by atoms with Gasteiger partial charge in [-0.05, 0) is 12.5 Å². The summed E-state index contributed by atoms with van der Waals surface area (Å²) in [6.07, 6.45) is 0. The Balaban J connectivity index is 2.39. The number of carboxylic acids is 1. The van der Waals surface area contributed by atoms with E-state index < -0.39 is 11.6 Å². The van der Waals surface area contributed by atoms with E-state index in [-0.39, 0.29) is 5.56 Å². The molecular formula is C12H11NO4. The molecular weight excluding hydrogens is 222 g/mol. The normalized spacial score (nSPS) is 10.4. The van der Waals surface area contributed by atoms with Crippen molar-refractivity contribution < 1.29 is 14.4 Å². The predicted octanol–water partition coefficient (Wildman–Crippen LogP) is 1.50. The van der Waals surface area contributed by atoms with Crippen molar-refractivity contribution in [2.75, 3.05) is 0 Å². The first kappa shape index (κ1) is 11.2. The van der Waals surface area contributed by atoms with Crippen LogP contribution in [0.4, 0.5) is 0 Å². The van der Waals surface area contributed by atoms with Crippen LogP contribution < -0.4 is 5.63 Å². The van der Waals surface area contributed by atoms with Gasteiger partial charge in [-0.25, -0.2) is 14.3 Å². The standard InChI is InChI=1S/C12H11NO4/c1-8-10(11(14)15)12(16)17-13(8)7-9-5-3-2-4-6-9/h2-6H,7H2,1H3,(H,14,15). The molecule has 0 atom stereocenters. The molecule has 88 valence electrons. The van der Waals surface area contributed by atoms with Crippen LogP contribution in [0.3, 0.4) is 0 Å². The second-order valence-corrected chi connectivity index (χ2v) is 3.67. The molecule has 0 radical (unpaired) electrons. The first-order valence-corrected chi connectivity index (χ1v) is 5.07. The zero-order chi connectivity index (χ0) is 12.4. The molecule has 0 saturated heterocycles. The number of hydrogen-bond donors (Lipinski definition) is 1. The van der Waals surface area contributed by atoms with Crippen LogP contribution in [0, 0.1) is 6.92 Å². The highest BCUT2D eigenvalue weighted by Gasteiger charge is 2.19. The molecule has 0 fully saturated rings. The lowest BCUT2D eigenvalue weighted by atomic mass is 10.2. The van der Waals surface area contributed by atoms with Crippen LogP contribution in [0.1, 0.15) is 21.6 Å². The molecule has 0 unspecified atom stereocenters. The van der Waals surface area contributed by atoms with Crippen molar-refractivity contribution >= 4 is 5.97 Å². The van der Waals surface area contributed by atoms with E-state index in [9.17, 15) is 9.59 Å². The molecule has 1 N–H and O–H groups in total. The number of hydrogen-bond acceptors (Lipinski definition) is 3. The molecule has 0 aliphatic carbocycles. The minimum Gasteiger partial charge on any atom is -0.477 e. The number of carbonyl (C=O) groups is 1. The lowest BCUT2D eigenvalue weighted by molar-refractivity contribution is 0.0693. The molecule has 0 saturated carbocycles. The average molecular weight is 233 g/mol. The topological polar surface area (TPSA) is 72.4 Å². The van der Waals surface area contributed by atoms with Crippen molar-refractivity contribution in [1.82, 2.24) is 4.74 Å². The lowest BCUT2D eigenvalue weighted by Gasteiger charge is -2.03. The van der Waals surface area contributed by atoms with Crippen LogP contribution in [0.15, 0.2) is 39.6 Å². The molecule has 2 rings (SSSR count). The van der Waals surface area contributed by atoms with Gasteiger partial charge >= 0.3 is 11.6 Å². The van der Waals surface area contributed by atoms with Gasteiger partial charge in [-0.2, -0.15) is 0 Å². The van der Waals surface area contributed by atoms with Crippen LogP contribution in [0.2, 0.25) is 0 Å². The first-order chi connectivity index (χ1) is 8.09. The summed E-state index contributed by atoms with van der Waals surface area (Å²) in [6, 6.07) is 9.36. The van der Waals surface area contributed by atoms with Gasteiger partial charge in [0, 0.05) is 0 Å². The van der Waals surface area contributed by atoms with Gasteiger partial charge in [0.25, 0.3) is 0 Å². The van der Waals surface area contributed by atoms with Crippen molar-refractivity contribution in [3.05, 3.63) is 57.6 Å². The third-order valence-electron chi connectivity index (χ3n) is 2.52. The number of aromatic nitrogens is 1. The van der Waals surface area contributed by atoms with Crippen LogP contribution in [0.5, 0.6) is 0 Å².